The van der Waals surface area contributed by atoms with Crippen molar-refractivity contribution in [2.24, 2.45) is 20.5 Å². The first-order valence-electron chi connectivity index (χ1n) is 10.5. The first-order valence-corrected chi connectivity index (χ1v) is 13.4. The second-order valence-electron chi connectivity index (χ2n) is 7.77. The Balaban J connectivity index is 0.00000441. The van der Waals surface area contributed by atoms with Crippen molar-refractivity contribution in [2.75, 3.05) is 5.73 Å². The van der Waals surface area contributed by atoms with E-state index in [1.54, 1.807) is 18.2 Å². The van der Waals surface area contributed by atoms with Gasteiger partial charge in [0.1, 0.15) is 21.2 Å². The molecule has 40 heavy (non-hydrogen) atoms. The van der Waals surface area contributed by atoms with Gasteiger partial charge in [-0.3, -0.25) is 19.2 Å². The van der Waals surface area contributed by atoms with E-state index in [0.717, 1.165) is 24.3 Å². The first kappa shape index (κ1) is 30.7. The fraction of sp³-hybridized carbons (Fsp3) is 0. The van der Waals surface area contributed by atoms with Crippen LogP contribution in [0.2, 0.25) is 0 Å². The number of benzene rings is 4. The molecule has 0 aromatic heterocycles. The van der Waals surface area contributed by atoms with Gasteiger partial charge in [0, 0.05) is 12.1 Å². The predicted molar refractivity (Wildman–Crippen MR) is 145 cm³/mol. The van der Waals surface area contributed by atoms with Gasteiger partial charge in [-0.15, -0.1) is 10.2 Å². The van der Waals surface area contributed by atoms with E-state index in [4.69, 9.17) is 5.73 Å². The van der Waals surface area contributed by atoms with Crippen molar-refractivity contribution in [1.29, 1.82) is 0 Å². The molecule has 15 nitrogen and oxygen atoms in total. The van der Waals surface area contributed by atoms with Crippen molar-refractivity contribution < 1.29 is 36.0 Å². The Morgan fingerprint density at radius 2 is 1.23 bits per heavy atom. The van der Waals surface area contributed by atoms with Gasteiger partial charge >= 0.3 is 29.6 Å². The van der Waals surface area contributed by atoms with Crippen LogP contribution in [-0.4, -0.2) is 65.5 Å². The van der Waals surface area contributed by atoms with E-state index >= 15 is 0 Å². The summed E-state index contributed by atoms with van der Waals surface area (Å²) >= 11 is 0. The fourth-order valence-electron chi connectivity index (χ4n) is 3.46. The van der Waals surface area contributed by atoms with Crippen LogP contribution in [0.15, 0.2) is 97.0 Å². The number of nitro benzene ring substituents is 1. The molecular weight excluding hydrogens is 579 g/mol. The summed E-state index contributed by atoms with van der Waals surface area (Å²) in [5, 5.41) is 36.3. The van der Waals surface area contributed by atoms with Crippen molar-refractivity contribution in [3.05, 3.63) is 76.8 Å². The summed E-state index contributed by atoms with van der Waals surface area (Å²) < 4.78 is 68.0. The van der Waals surface area contributed by atoms with Crippen LogP contribution in [0.5, 0.6) is 5.75 Å². The molecule has 0 saturated carbocycles. The number of nitrogens with two attached hydrogens (primary N) is 1. The van der Waals surface area contributed by atoms with E-state index in [9.17, 15) is 41.2 Å². The molecule has 0 aliphatic carbocycles. The topological polar surface area (TPSA) is 248 Å². The van der Waals surface area contributed by atoms with Crippen molar-refractivity contribution >= 4 is 94.7 Å². The zero-order valence-corrected chi connectivity index (χ0v) is 20.9. The van der Waals surface area contributed by atoms with Crippen LogP contribution in [0.4, 0.5) is 34.1 Å². The second kappa shape index (κ2) is 11.7. The minimum atomic E-state index is -5.05. The zero-order valence-electron chi connectivity index (χ0n) is 19.3. The molecular formula is C22H17N6NaO9S2. The summed E-state index contributed by atoms with van der Waals surface area (Å²) in [6.45, 7) is 0. The van der Waals surface area contributed by atoms with Gasteiger partial charge in [-0.1, -0.05) is 18.2 Å². The van der Waals surface area contributed by atoms with Gasteiger partial charge in [-0.25, -0.2) is 0 Å². The average Bonchev–Trinajstić information content (AvgIpc) is 2.86. The van der Waals surface area contributed by atoms with E-state index in [0.29, 0.717) is 0 Å². The number of hydrogen-bond donors (Lipinski definition) is 4. The summed E-state index contributed by atoms with van der Waals surface area (Å²) in [5.74, 6) is -0.897. The quantitative estimate of drug-likeness (QED) is 0.0571. The number of phenolic OH excluding ortho intramolecular Hbond substituents is 1. The molecule has 0 unspecified atom stereocenters. The van der Waals surface area contributed by atoms with E-state index in [-0.39, 0.29) is 57.4 Å². The summed E-state index contributed by atoms with van der Waals surface area (Å²) in [4.78, 5) is 8.37. The fourth-order valence-corrected chi connectivity index (χ4v) is 4.78. The van der Waals surface area contributed by atoms with E-state index in [2.05, 4.69) is 20.5 Å². The number of rotatable bonds is 7. The number of phenols is 1. The van der Waals surface area contributed by atoms with E-state index in [1.807, 2.05) is 0 Å². The Kier molecular flexibility index (Phi) is 9.00. The maximum atomic E-state index is 12.1. The first-order chi connectivity index (χ1) is 18.3. The molecule has 202 valence electrons. The van der Waals surface area contributed by atoms with Crippen molar-refractivity contribution in [2.45, 2.75) is 9.79 Å². The Morgan fingerprint density at radius 1 is 0.750 bits per heavy atom. The standard InChI is InChI=1S/C22H16N6O9S2.Na.H/c23-19-18-12(11-17(39(35,36)37)21(22(18)29)27-24-13-4-2-1-3-5-13)10-16(38(32,33)34)20(19)26-25-14-6-8-15(9-7-14)28(30)31;;/h1-11,29H,23H2,(H,32,33,34)(H,35,36,37);;. The number of aromatic hydroxyl groups is 1. The normalized spacial score (nSPS) is 12.2. The summed E-state index contributed by atoms with van der Waals surface area (Å²) in [5.41, 5.74) is 4.29. The van der Waals surface area contributed by atoms with Crippen LogP contribution in [0.1, 0.15) is 0 Å². The number of non-ortho nitro benzene ring substituents is 1. The molecule has 4 aromatic rings. The summed E-state index contributed by atoms with van der Waals surface area (Å²) in [6, 6.07) is 14.2. The number of anilines is 1. The molecule has 4 rings (SSSR count). The number of nitrogen functional groups attached to an aromatic ring is 1. The van der Waals surface area contributed by atoms with Crippen LogP contribution in [0.3, 0.4) is 0 Å². The molecule has 0 fully saturated rings. The minimum absolute atomic E-state index is 0. The maximum absolute atomic E-state index is 12.1. The van der Waals surface area contributed by atoms with Gasteiger partial charge in [0.15, 0.2) is 5.75 Å². The SMILES string of the molecule is Nc1c(N=Nc2ccc([N+](=O)[O-])cc2)c(S(=O)(=O)O)cc2cc(S(=O)(=O)O)c(N=Nc3ccccc3)c(O)c12.[NaH]. The van der Waals surface area contributed by atoms with Crippen molar-refractivity contribution in [3.63, 3.8) is 0 Å². The Hall–Kier alpha value is -3.84. The molecule has 0 radical (unpaired) electrons. The molecule has 0 aliphatic rings. The number of hydrogen-bond acceptors (Lipinski definition) is 12. The Bertz CT molecular complexity index is 1900. The molecule has 0 aliphatic heterocycles. The number of fused-ring (bicyclic) bond motifs is 1. The van der Waals surface area contributed by atoms with Gasteiger partial charge < -0.3 is 10.8 Å². The van der Waals surface area contributed by atoms with Gasteiger partial charge in [0.05, 0.1) is 27.4 Å². The molecule has 0 amide bonds. The molecule has 0 atom stereocenters. The van der Waals surface area contributed by atoms with Crippen LogP contribution in [0.25, 0.3) is 10.8 Å². The van der Waals surface area contributed by atoms with Crippen molar-refractivity contribution in [1.82, 2.24) is 0 Å². The summed E-state index contributed by atoms with van der Waals surface area (Å²) in [7, 11) is -10.1. The predicted octanol–water partition coefficient (Wildman–Crippen LogP) is 4.71. The third-order valence-electron chi connectivity index (χ3n) is 5.22. The van der Waals surface area contributed by atoms with E-state index < -0.39 is 57.8 Å². The number of nitro groups is 1. The van der Waals surface area contributed by atoms with Gasteiger partial charge in [-0.2, -0.15) is 27.1 Å². The Morgan fingerprint density at radius 3 is 1.73 bits per heavy atom. The molecule has 0 bridgehead atoms. The second-order valence-corrected chi connectivity index (χ2v) is 10.5. The van der Waals surface area contributed by atoms with Gasteiger partial charge in [0.2, 0.25) is 0 Å². The third-order valence-corrected chi connectivity index (χ3v) is 6.95. The molecule has 0 heterocycles. The van der Waals surface area contributed by atoms with Gasteiger partial charge in [-0.05, 0) is 41.8 Å². The van der Waals surface area contributed by atoms with Crippen LogP contribution in [0, 0.1) is 10.1 Å². The number of azo groups is 2. The van der Waals surface area contributed by atoms with Crippen LogP contribution < -0.4 is 5.73 Å². The van der Waals surface area contributed by atoms with Gasteiger partial charge in [0.25, 0.3) is 25.9 Å². The Labute approximate surface area is 248 Å². The van der Waals surface area contributed by atoms with Crippen molar-refractivity contribution in [3.8, 4) is 5.75 Å². The molecule has 0 spiro atoms. The third kappa shape index (κ3) is 6.48. The van der Waals surface area contributed by atoms with Crippen LogP contribution >= 0.6 is 0 Å². The zero-order chi connectivity index (χ0) is 28.5. The van der Waals surface area contributed by atoms with E-state index in [1.165, 1.54) is 24.3 Å². The molecule has 18 heteroatoms. The summed E-state index contributed by atoms with van der Waals surface area (Å²) in [6.07, 6.45) is 0. The molecule has 4 aromatic carbocycles. The number of nitrogens with zero attached hydrogens (tertiary/aromatic N) is 5. The van der Waals surface area contributed by atoms with Crippen LogP contribution in [-0.2, 0) is 20.2 Å². The average molecular weight is 597 g/mol. The molecule has 5 N–H and O–H groups in total. The monoisotopic (exact) mass is 596 g/mol. The molecule has 0 saturated heterocycles.